The average Bonchev–Trinajstić information content (AvgIpc) is 2.68. The third-order valence-corrected chi connectivity index (χ3v) is 2.97. The second kappa shape index (κ2) is 4.38. The number of rotatable bonds is 2. The maximum absolute atomic E-state index is 11.8. The lowest BCUT2D eigenvalue weighted by Gasteiger charge is -2.07. The van der Waals surface area contributed by atoms with Crippen LogP contribution in [-0.4, -0.2) is 20.6 Å². The molecule has 1 aromatic carbocycles. The average molecular weight is 250 g/mol. The van der Waals surface area contributed by atoms with E-state index in [4.69, 9.17) is 5.73 Å². The van der Waals surface area contributed by atoms with E-state index in [0.717, 1.165) is 11.5 Å². The van der Waals surface area contributed by atoms with Crippen LogP contribution in [0.5, 0.6) is 5.75 Å². The van der Waals surface area contributed by atoms with Gasteiger partial charge in [0.2, 0.25) is 0 Å². The van der Waals surface area contributed by atoms with Gasteiger partial charge in [-0.1, -0.05) is 4.49 Å². The van der Waals surface area contributed by atoms with Crippen LogP contribution in [0.1, 0.15) is 15.4 Å². The lowest BCUT2D eigenvalue weighted by molar-refractivity contribution is 0.103. The highest BCUT2D eigenvalue weighted by molar-refractivity contribution is 7.08. The second-order valence-electron chi connectivity index (χ2n) is 3.41. The van der Waals surface area contributed by atoms with Crippen molar-refractivity contribution in [1.82, 2.24) is 9.59 Å². The molecule has 2 aromatic rings. The zero-order valence-corrected chi connectivity index (χ0v) is 9.78. The highest BCUT2D eigenvalue weighted by Gasteiger charge is 2.14. The van der Waals surface area contributed by atoms with E-state index in [9.17, 15) is 9.90 Å². The highest BCUT2D eigenvalue weighted by atomic mass is 32.1. The van der Waals surface area contributed by atoms with Gasteiger partial charge in [-0.15, -0.1) is 5.10 Å². The number of phenolic OH excluding ortho intramolecular Hbond substituents is 1. The summed E-state index contributed by atoms with van der Waals surface area (Å²) in [5.74, 6) is -0.258. The molecule has 1 amide bonds. The van der Waals surface area contributed by atoms with Crippen molar-refractivity contribution in [2.75, 3.05) is 11.1 Å². The maximum Gasteiger partial charge on any atom is 0.269 e. The standard InChI is InChI=1S/C10H10N4O2S/c1-5-9(17-14-13-5)10(16)12-8-3-2-6(15)4-7(8)11/h2-4,15H,11H2,1H3,(H,12,16). The minimum Gasteiger partial charge on any atom is -0.508 e. The Bertz CT molecular complexity index is 567. The van der Waals surface area contributed by atoms with Gasteiger partial charge in [0, 0.05) is 6.07 Å². The summed E-state index contributed by atoms with van der Waals surface area (Å²) in [4.78, 5) is 12.3. The van der Waals surface area contributed by atoms with E-state index in [1.807, 2.05) is 0 Å². The van der Waals surface area contributed by atoms with Crippen molar-refractivity contribution in [1.29, 1.82) is 0 Å². The Morgan fingerprint density at radius 1 is 1.53 bits per heavy atom. The number of carbonyl (C=O) groups excluding carboxylic acids is 1. The summed E-state index contributed by atoms with van der Waals surface area (Å²) in [7, 11) is 0. The molecule has 1 heterocycles. The van der Waals surface area contributed by atoms with Gasteiger partial charge in [0.1, 0.15) is 10.6 Å². The number of nitrogens with two attached hydrogens (primary N) is 1. The molecular weight excluding hydrogens is 240 g/mol. The Morgan fingerprint density at radius 3 is 2.88 bits per heavy atom. The molecule has 0 atom stereocenters. The molecule has 0 radical (unpaired) electrons. The molecule has 7 heteroatoms. The van der Waals surface area contributed by atoms with Gasteiger partial charge in [0.15, 0.2) is 0 Å². The largest absolute Gasteiger partial charge is 0.508 e. The van der Waals surface area contributed by atoms with Crippen LogP contribution < -0.4 is 11.1 Å². The fourth-order valence-corrected chi connectivity index (χ4v) is 1.83. The van der Waals surface area contributed by atoms with Gasteiger partial charge in [-0.2, -0.15) is 0 Å². The molecular formula is C10H10N4O2S. The first-order valence-corrected chi connectivity index (χ1v) is 5.54. The Labute approximate surface area is 101 Å². The fourth-order valence-electron chi connectivity index (χ4n) is 1.28. The summed E-state index contributed by atoms with van der Waals surface area (Å²) >= 11 is 1.02. The normalized spacial score (nSPS) is 10.2. The van der Waals surface area contributed by atoms with Gasteiger partial charge in [-0.05, 0) is 30.6 Å². The van der Waals surface area contributed by atoms with E-state index in [2.05, 4.69) is 14.9 Å². The van der Waals surface area contributed by atoms with E-state index in [1.54, 1.807) is 6.92 Å². The number of benzene rings is 1. The van der Waals surface area contributed by atoms with Gasteiger partial charge in [-0.3, -0.25) is 4.79 Å². The van der Waals surface area contributed by atoms with Crippen molar-refractivity contribution < 1.29 is 9.90 Å². The molecule has 0 aliphatic heterocycles. The number of hydrogen-bond acceptors (Lipinski definition) is 6. The summed E-state index contributed by atoms with van der Waals surface area (Å²) in [6, 6.07) is 4.35. The Balaban J connectivity index is 2.22. The summed E-state index contributed by atoms with van der Waals surface area (Å²) in [5, 5.41) is 15.6. The zero-order valence-electron chi connectivity index (χ0n) is 8.97. The number of nitrogens with zero attached hydrogens (tertiary/aromatic N) is 2. The number of aromatic hydroxyl groups is 1. The van der Waals surface area contributed by atoms with Crippen LogP contribution >= 0.6 is 11.5 Å². The van der Waals surface area contributed by atoms with Crippen LogP contribution in [0.3, 0.4) is 0 Å². The molecule has 0 saturated heterocycles. The van der Waals surface area contributed by atoms with Gasteiger partial charge < -0.3 is 16.2 Å². The van der Waals surface area contributed by atoms with Gasteiger partial charge in [-0.25, -0.2) is 0 Å². The molecule has 0 aliphatic rings. The SMILES string of the molecule is Cc1nnsc1C(=O)Nc1ccc(O)cc1N. The monoisotopic (exact) mass is 250 g/mol. The number of amides is 1. The fraction of sp³-hybridized carbons (Fsp3) is 0.100. The molecule has 88 valence electrons. The minimum absolute atomic E-state index is 0.0520. The van der Waals surface area contributed by atoms with Crippen molar-refractivity contribution in [3.8, 4) is 5.75 Å². The first-order valence-electron chi connectivity index (χ1n) is 4.76. The lowest BCUT2D eigenvalue weighted by atomic mass is 10.2. The van der Waals surface area contributed by atoms with Crippen LogP contribution in [0.25, 0.3) is 0 Å². The van der Waals surface area contributed by atoms with E-state index in [1.165, 1.54) is 18.2 Å². The van der Waals surface area contributed by atoms with Crippen LogP contribution in [0, 0.1) is 6.92 Å². The molecule has 0 spiro atoms. The molecule has 2 rings (SSSR count). The Hall–Kier alpha value is -2.15. The number of nitrogens with one attached hydrogen (secondary N) is 1. The predicted molar refractivity (Wildman–Crippen MR) is 65.1 cm³/mol. The van der Waals surface area contributed by atoms with Gasteiger partial charge in [0.05, 0.1) is 17.1 Å². The highest BCUT2D eigenvalue weighted by Crippen LogP contribution is 2.24. The maximum atomic E-state index is 11.8. The predicted octanol–water partition coefficient (Wildman–Crippen LogP) is 1.39. The number of anilines is 2. The summed E-state index contributed by atoms with van der Waals surface area (Å²) in [6.07, 6.45) is 0. The van der Waals surface area contributed by atoms with E-state index < -0.39 is 0 Å². The molecule has 0 bridgehead atoms. The smallest absolute Gasteiger partial charge is 0.269 e. The van der Waals surface area contributed by atoms with E-state index >= 15 is 0 Å². The van der Waals surface area contributed by atoms with Gasteiger partial charge >= 0.3 is 0 Å². The zero-order chi connectivity index (χ0) is 12.4. The van der Waals surface area contributed by atoms with Crippen molar-refractivity contribution in [3.63, 3.8) is 0 Å². The first kappa shape index (κ1) is 11.3. The Kier molecular flexibility index (Phi) is 2.92. The van der Waals surface area contributed by atoms with Crippen LogP contribution in [-0.2, 0) is 0 Å². The Morgan fingerprint density at radius 2 is 2.29 bits per heavy atom. The molecule has 6 nitrogen and oxygen atoms in total. The van der Waals surface area contributed by atoms with Crippen molar-refractivity contribution >= 4 is 28.8 Å². The first-order chi connectivity index (χ1) is 8.08. The van der Waals surface area contributed by atoms with Crippen molar-refractivity contribution in [2.45, 2.75) is 6.92 Å². The van der Waals surface area contributed by atoms with E-state index in [0.29, 0.717) is 21.9 Å². The number of phenols is 1. The summed E-state index contributed by atoms with van der Waals surface area (Å²) < 4.78 is 3.68. The molecule has 17 heavy (non-hydrogen) atoms. The molecule has 1 aromatic heterocycles. The molecule has 0 fully saturated rings. The van der Waals surface area contributed by atoms with Crippen LogP contribution in [0.2, 0.25) is 0 Å². The van der Waals surface area contributed by atoms with Gasteiger partial charge in [0.25, 0.3) is 5.91 Å². The summed E-state index contributed by atoms with van der Waals surface area (Å²) in [6.45, 7) is 1.71. The lowest BCUT2D eigenvalue weighted by Crippen LogP contribution is -2.12. The van der Waals surface area contributed by atoms with Crippen molar-refractivity contribution in [2.24, 2.45) is 0 Å². The van der Waals surface area contributed by atoms with Crippen LogP contribution in [0.4, 0.5) is 11.4 Å². The number of aromatic nitrogens is 2. The minimum atomic E-state index is -0.310. The molecule has 0 aliphatic carbocycles. The molecule has 0 saturated carbocycles. The van der Waals surface area contributed by atoms with E-state index in [-0.39, 0.29) is 11.7 Å². The summed E-state index contributed by atoms with van der Waals surface area (Å²) in [5.41, 5.74) is 6.98. The number of carbonyl (C=O) groups is 1. The number of hydrogen-bond donors (Lipinski definition) is 3. The third-order valence-electron chi connectivity index (χ3n) is 2.14. The quantitative estimate of drug-likeness (QED) is 0.552. The van der Waals surface area contributed by atoms with Crippen molar-refractivity contribution in [3.05, 3.63) is 28.8 Å². The number of nitrogen functional groups attached to an aromatic ring is 1. The molecule has 0 unspecified atom stereocenters. The van der Waals surface area contributed by atoms with Crippen LogP contribution in [0.15, 0.2) is 18.2 Å². The second-order valence-corrected chi connectivity index (χ2v) is 4.17. The number of aryl methyl sites for hydroxylation is 1. The third kappa shape index (κ3) is 2.34. The topological polar surface area (TPSA) is 101 Å². The molecule has 4 N–H and O–H groups in total.